The Morgan fingerprint density at radius 2 is 2.62 bits per heavy atom. The molecule has 0 spiro atoms. The first kappa shape index (κ1) is 5.33. The number of rotatable bonds is 2. The molecule has 42 valence electrons. The average Bonchev–Trinajstić information content (AvgIpc) is 2.50. The van der Waals surface area contributed by atoms with Gasteiger partial charge in [-0.3, -0.25) is 0 Å². The Kier molecular flexibility index (Phi) is 1.32. The van der Waals surface area contributed by atoms with Gasteiger partial charge >= 0.3 is 0 Å². The first-order valence-electron chi connectivity index (χ1n) is 2.52. The van der Waals surface area contributed by atoms with Gasteiger partial charge in [-0.2, -0.15) is 5.26 Å². The van der Waals surface area contributed by atoms with Crippen LogP contribution < -0.4 is 0 Å². The molecule has 8 heavy (non-hydrogen) atoms. The Morgan fingerprint density at radius 1 is 2.00 bits per heavy atom. The van der Waals surface area contributed by atoms with Gasteiger partial charge in [0.05, 0.1) is 18.8 Å². The molecule has 1 atom stereocenters. The molecule has 0 aromatic heterocycles. The van der Waals surface area contributed by atoms with E-state index in [1.54, 1.807) is 0 Å². The van der Waals surface area contributed by atoms with Gasteiger partial charge in [-0.15, -0.1) is 0 Å². The van der Waals surface area contributed by atoms with Crippen LogP contribution >= 0.6 is 0 Å². The van der Waals surface area contributed by atoms with E-state index >= 15 is 0 Å². The summed E-state index contributed by atoms with van der Waals surface area (Å²) in [6, 6.07) is 1.96. The summed E-state index contributed by atoms with van der Waals surface area (Å²) in [7, 11) is 0. The van der Waals surface area contributed by atoms with Crippen molar-refractivity contribution in [3.05, 3.63) is 12.2 Å². The van der Waals surface area contributed by atoms with Crippen LogP contribution in [0, 0.1) is 11.3 Å². The third-order valence-corrected chi connectivity index (χ3v) is 1.03. The molecule has 0 saturated carbocycles. The summed E-state index contributed by atoms with van der Waals surface area (Å²) >= 11 is 0. The van der Waals surface area contributed by atoms with Crippen LogP contribution in [0.15, 0.2) is 12.2 Å². The van der Waals surface area contributed by atoms with Crippen molar-refractivity contribution in [1.29, 1.82) is 5.26 Å². The van der Waals surface area contributed by atoms with E-state index in [0.717, 1.165) is 13.0 Å². The predicted octanol–water partition coefficient (Wildman–Crippen LogP) is 0.855. The van der Waals surface area contributed by atoms with Crippen molar-refractivity contribution in [3.8, 4) is 6.07 Å². The molecule has 0 aromatic rings. The highest BCUT2D eigenvalue weighted by Gasteiger charge is 2.22. The van der Waals surface area contributed by atoms with Gasteiger partial charge in [0.2, 0.25) is 0 Å². The Balaban J connectivity index is 2.19. The van der Waals surface area contributed by atoms with E-state index in [-0.39, 0.29) is 0 Å². The van der Waals surface area contributed by atoms with Gasteiger partial charge in [0.1, 0.15) is 0 Å². The molecule has 1 aliphatic heterocycles. The molecule has 1 aliphatic rings. The van der Waals surface area contributed by atoms with Gasteiger partial charge in [-0.25, -0.2) is 0 Å². The molecule has 0 bridgehead atoms. The minimum atomic E-state index is 0.308. The molecule has 0 radical (unpaired) electrons. The quantitative estimate of drug-likeness (QED) is 0.389. The van der Waals surface area contributed by atoms with Crippen molar-refractivity contribution in [3.63, 3.8) is 0 Å². The van der Waals surface area contributed by atoms with Gasteiger partial charge in [0.25, 0.3) is 0 Å². The summed E-state index contributed by atoms with van der Waals surface area (Å²) in [5, 5.41) is 8.21. The zero-order valence-electron chi connectivity index (χ0n) is 4.55. The number of nitrogens with zero attached hydrogens (tertiary/aromatic N) is 1. The molecule has 0 aromatic carbocycles. The Morgan fingerprint density at radius 3 is 3.00 bits per heavy atom. The minimum absolute atomic E-state index is 0.308. The van der Waals surface area contributed by atoms with E-state index in [9.17, 15) is 0 Å². The summed E-state index contributed by atoms with van der Waals surface area (Å²) in [6.07, 6.45) is 1.03. The molecular formula is C6H7NO. The van der Waals surface area contributed by atoms with Crippen molar-refractivity contribution in [2.75, 3.05) is 6.61 Å². The number of nitriles is 1. The van der Waals surface area contributed by atoms with Crippen molar-refractivity contribution >= 4 is 0 Å². The minimum Gasteiger partial charge on any atom is -0.373 e. The van der Waals surface area contributed by atoms with Crippen LogP contribution in [0.2, 0.25) is 0 Å². The van der Waals surface area contributed by atoms with E-state index in [1.165, 1.54) is 0 Å². The number of epoxide rings is 1. The topological polar surface area (TPSA) is 36.3 Å². The van der Waals surface area contributed by atoms with Crippen LogP contribution in [0.3, 0.4) is 0 Å². The van der Waals surface area contributed by atoms with E-state index < -0.39 is 0 Å². The fourth-order valence-electron chi connectivity index (χ4n) is 0.506. The molecule has 1 rings (SSSR count). The van der Waals surface area contributed by atoms with Crippen LogP contribution in [0.5, 0.6) is 0 Å². The molecule has 1 saturated heterocycles. The Hall–Kier alpha value is -0.810. The van der Waals surface area contributed by atoms with Gasteiger partial charge in [0, 0.05) is 12.0 Å². The van der Waals surface area contributed by atoms with E-state index in [2.05, 4.69) is 6.58 Å². The smallest absolute Gasteiger partial charge is 0.0941 e. The number of hydrogen-bond acceptors (Lipinski definition) is 2. The van der Waals surface area contributed by atoms with Gasteiger partial charge in [-0.05, 0) is 0 Å². The molecule has 0 N–H and O–H groups in total. The highest BCUT2D eigenvalue weighted by atomic mass is 16.6. The fraction of sp³-hybridized carbons (Fsp3) is 0.500. The maximum atomic E-state index is 8.21. The Bertz CT molecular complexity index is 141. The molecule has 2 nitrogen and oxygen atoms in total. The van der Waals surface area contributed by atoms with E-state index in [4.69, 9.17) is 10.00 Å². The second-order valence-electron chi connectivity index (χ2n) is 1.87. The number of ether oxygens (including phenoxy) is 1. The summed E-state index contributed by atoms with van der Waals surface area (Å²) in [5.74, 6) is 0. The van der Waals surface area contributed by atoms with E-state index in [1.807, 2.05) is 6.07 Å². The van der Waals surface area contributed by atoms with Gasteiger partial charge < -0.3 is 4.74 Å². The van der Waals surface area contributed by atoms with Crippen LogP contribution in [-0.4, -0.2) is 12.7 Å². The molecule has 0 amide bonds. The lowest BCUT2D eigenvalue weighted by Crippen LogP contribution is -1.84. The zero-order chi connectivity index (χ0) is 5.98. The maximum Gasteiger partial charge on any atom is 0.0941 e. The summed E-state index contributed by atoms with van der Waals surface area (Å²) in [5.41, 5.74) is 0.618. The van der Waals surface area contributed by atoms with Crippen LogP contribution in [0.25, 0.3) is 0 Å². The largest absolute Gasteiger partial charge is 0.373 e. The highest BCUT2D eigenvalue weighted by Crippen LogP contribution is 2.16. The lowest BCUT2D eigenvalue weighted by molar-refractivity contribution is 0.408. The third-order valence-electron chi connectivity index (χ3n) is 1.03. The standard InChI is InChI=1S/C6H7NO/c1-5(3-7)2-6-4-8-6/h6H,1-2,4H2. The third kappa shape index (κ3) is 1.36. The predicted molar refractivity (Wildman–Crippen MR) is 29.1 cm³/mol. The zero-order valence-corrected chi connectivity index (χ0v) is 4.55. The van der Waals surface area contributed by atoms with Gasteiger partial charge in [0.15, 0.2) is 0 Å². The summed E-state index contributed by atoms with van der Waals surface area (Å²) in [4.78, 5) is 0. The highest BCUT2D eigenvalue weighted by molar-refractivity contribution is 5.17. The SMILES string of the molecule is C=C(C#N)CC1CO1. The summed E-state index contributed by atoms with van der Waals surface area (Å²) < 4.78 is 4.87. The lowest BCUT2D eigenvalue weighted by atomic mass is 10.2. The second-order valence-corrected chi connectivity index (χ2v) is 1.87. The molecular weight excluding hydrogens is 102 g/mol. The van der Waals surface area contributed by atoms with Crippen molar-refractivity contribution < 1.29 is 4.74 Å². The Labute approximate surface area is 48.4 Å². The normalized spacial score (nSPS) is 24.1. The van der Waals surface area contributed by atoms with Crippen molar-refractivity contribution in [2.45, 2.75) is 12.5 Å². The molecule has 1 fully saturated rings. The van der Waals surface area contributed by atoms with Crippen molar-refractivity contribution in [2.24, 2.45) is 0 Å². The van der Waals surface area contributed by atoms with Crippen LogP contribution in [0.4, 0.5) is 0 Å². The van der Waals surface area contributed by atoms with Gasteiger partial charge in [-0.1, -0.05) is 6.58 Å². The van der Waals surface area contributed by atoms with Crippen LogP contribution in [0.1, 0.15) is 6.42 Å². The molecule has 2 heteroatoms. The first-order chi connectivity index (χ1) is 3.83. The average molecular weight is 109 g/mol. The molecule has 0 aliphatic carbocycles. The lowest BCUT2D eigenvalue weighted by Gasteiger charge is -1.84. The maximum absolute atomic E-state index is 8.21. The fourth-order valence-corrected chi connectivity index (χ4v) is 0.506. The second kappa shape index (κ2) is 1.97. The number of hydrogen-bond donors (Lipinski definition) is 0. The first-order valence-corrected chi connectivity index (χ1v) is 2.52. The van der Waals surface area contributed by atoms with Crippen LogP contribution in [-0.2, 0) is 4.74 Å². The monoisotopic (exact) mass is 109 g/mol. The van der Waals surface area contributed by atoms with Crippen molar-refractivity contribution in [1.82, 2.24) is 0 Å². The molecule has 1 unspecified atom stereocenters. The molecule has 1 heterocycles. The summed E-state index contributed by atoms with van der Waals surface area (Å²) in [6.45, 7) is 4.32. The van der Waals surface area contributed by atoms with E-state index in [0.29, 0.717) is 11.7 Å².